The molecule has 1 fully saturated rings. The van der Waals surface area contributed by atoms with Crippen molar-refractivity contribution in [2.45, 2.75) is 90.7 Å². The van der Waals surface area contributed by atoms with Crippen LogP contribution < -0.4 is 0 Å². The summed E-state index contributed by atoms with van der Waals surface area (Å²) in [5, 5.41) is 11.0. The molecule has 0 aromatic heterocycles. The van der Waals surface area contributed by atoms with Crippen LogP contribution in [-0.2, 0) is 18.7 Å². The van der Waals surface area contributed by atoms with Gasteiger partial charge in [-0.2, -0.15) is 0 Å². The molecule has 5 atom stereocenters. The van der Waals surface area contributed by atoms with E-state index < -0.39 is 26.1 Å². The Bertz CT molecular complexity index is 515. The van der Waals surface area contributed by atoms with E-state index in [0.717, 1.165) is 0 Å². The number of nitrogens with zero attached hydrogens (tertiary/aromatic N) is 1. The van der Waals surface area contributed by atoms with E-state index in [1.54, 1.807) is 21.0 Å². The van der Waals surface area contributed by atoms with Crippen LogP contribution in [0.4, 0.5) is 0 Å². The highest BCUT2D eigenvalue weighted by atomic mass is 28.4. The summed E-state index contributed by atoms with van der Waals surface area (Å²) >= 11 is 0. The van der Waals surface area contributed by atoms with E-state index in [1.807, 2.05) is 20.8 Å². The second-order valence-corrected chi connectivity index (χ2v) is 14.8. The Morgan fingerprint density at radius 1 is 1.26 bits per heavy atom. The lowest BCUT2D eigenvalue weighted by molar-refractivity contribution is -0.160. The standard InChI is InChI=1S/C20H41NO5Si/c1-13(16(22)14(2)18(23)21(8)9)17(15-12-24-20(6,7)25-15)26-27(10,11)19(3,4)5/h13-17,22H,12H2,1-11H3/t13-,14-,15+,16-,17-/m0/s1. The highest BCUT2D eigenvalue weighted by Crippen LogP contribution is 2.40. The maximum absolute atomic E-state index is 12.4. The fraction of sp³-hybridized carbons (Fsp3) is 0.950. The van der Waals surface area contributed by atoms with E-state index in [4.69, 9.17) is 13.9 Å². The van der Waals surface area contributed by atoms with Gasteiger partial charge in [-0.15, -0.1) is 0 Å². The lowest BCUT2D eigenvalue weighted by atomic mass is 9.86. The van der Waals surface area contributed by atoms with Crippen LogP contribution in [0.5, 0.6) is 0 Å². The fourth-order valence-electron chi connectivity index (χ4n) is 3.12. The van der Waals surface area contributed by atoms with Crippen LogP contribution in [0.15, 0.2) is 0 Å². The molecule has 160 valence electrons. The molecule has 0 radical (unpaired) electrons. The quantitative estimate of drug-likeness (QED) is 0.661. The molecule has 1 aliphatic heterocycles. The smallest absolute Gasteiger partial charge is 0.227 e. The molecule has 1 saturated heterocycles. The van der Waals surface area contributed by atoms with Crippen molar-refractivity contribution in [2.24, 2.45) is 11.8 Å². The molecule has 1 N–H and O–H groups in total. The number of carbonyl (C=O) groups is 1. The molecule has 0 bridgehead atoms. The summed E-state index contributed by atoms with van der Waals surface area (Å²) in [5.74, 6) is -1.56. The van der Waals surface area contributed by atoms with Gasteiger partial charge in [-0.25, -0.2) is 0 Å². The Kier molecular flexibility index (Phi) is 7.73. The molecule has 1 heterocycles. The van der Waals surface area contributed by atoms with Gasteiger partial charge >= 0.3 is 0 Å². The number of rotatable bonds is 7. The second-order valence-electron chi connectivity index (χ2n) is 10.1. The maximum Gasteiger partial charge on any atom is 0.227 e. The van der Waals surface area contributed by atoms with Crippen LogP contribution in [0.1, 0.15) is 48.5 Å². The summed E-state index contributed by atoms with van der Waals surface area (Å²) in [6.45, 7) is 18.8. The van der Waals surface area contributed by atoms with Crippen molar-refractivity contribution in [3.63, 3.8) is 0 Å². The van der Waals surface area contributed by atoms with E-state index in [2.05, 4.69) is 33.9 Å². The van der Waals surface area contributed by atoms with Crippen LogP contribution in [0.25, 0.3) is 0 Å². The highest BCUT2D eigenvalue weighted by molar-refractivity contribution is 6.74. The first-order chi connectivity index (χ1) is 12.0. The molecule has 0 spiro atoms. The molecule has 6 nitrogen and oxygen atoms in total. The van der Waals surface area contributed by atoms with Crippen molar-refractivity contribution in [3.05, 3.63) is 0 Å². The zero-order valence-corrected chi connectivity index (χ0v) is 20.1. The van der Waals surface area contributed by atoms with Crippen molar-refractivity contribution in [3.8, 4) is 0 Å². The van der Waals surface area contributed by atoms with E-state index in [9.17, 15) is 9.90 Å². The molecule has 1 aliphatic rings. The number of hydrogen-bond donors (Lipinski definition) is 1. The Balaban J connectivity index is 3.11. The molecular formula is C20H41NO5Si. The summed E-state index contributed by atoms with van der Waals surface area (Å²) < 4.78 is 18.6. The van der Waals surface area contributed by atoms with Crippen molar-refractivity contribution in [2.75, 3.05) is 20.7 Å². The van der Waals surface area contributed by atoms with Gasteiger partial charge in [0.2, 0.25) is 5.91 Å². The van der Waals surface area contributed by atoms with Gasteiger partial charge in [-0.3, -0.25) is 4.79 Å². The lowest BCUT2D eigenvalue weighted by Gasteiger charge is -2.43. The minimum absolute atomic E-state index is 0.0238. The third-order valence-electron chi connectivity index (χ3n) is 6.03. The third kappa shape index (κ3) is 6.00. The monoisotopic (exact) mass is 403 g/mol. The van der Waals surface area contributed by atoms with Crippen molar-refractivity contribution < 1.29 is 23.8 Å². The van der Waals surface area contributed by atoms with Crippen molar-refractivity contribution in [1.82, 2.24) is 4.90 Å². The number of carbonyl (C=O) groups excluding carboxylic acids is 1. The topological polar surface area (TPSA) is 68.2 Å². The summed E-state index contributed by atoms with van der Waals surface area (Å²) in [6, 6.07) is 0. The number of amides is 1. The number of aliphatic hydroxyl groups is 1. The number of aliphatic hydroxyl groups excluding tert-OH is 1. The molecule has 0 unspecified atom stereocenters. The predicted molar refractivity (Wildman–Crippen MR) is 110 cm³/mol. The van der Waals surface area contributed by atoms with Crippen LogP contribution in [0.3, 0.4) is 0 Å². The van der Waals surface area contributed by atoms with Gasteiger partial charge in [0.05, 0.1) is 24.7 Å². The minimum Gasteiger partial charge on any atom is -0.411 e. The maximum atomic E-state index is 12.4. The van der Waals surface area contributed by atoms with Gasteiger partial charge in [0.15, 0.2) is 14.1 Å². The summed E-state index contributed by atoms with van der Waals surface area (Å²) in [7, 11) is 1.29. The van der Waals surface area contributed by atoms with E-state index >= 15 is 0 Å². The minimum atomic E-state index is -2.12. The molecule has 1 amide bonds. The highest BCUT2D eigenvalue weighted by Gasteiger charge is 2.48. The van der Waals surface area contributed by atoms with E-state index in [-0.39, 0.29) is 29.1 Å². The first kappa shape index (κ1) is 24.6. The third-order valence-corrected chi connectivity index (χ3v) is 10.5. The van der Waals surface area contributed by atoms with Gasteiger partial charge in [-0.05, 0) is 32.0 Å². The van der Waals surface area contributed by atoms with Crippen LogP contribution in [-0.4, -0.2) is 69.0 Å². The molecule has 0 saturated carbocycles. The molecular weight excluding hydrogens is 362 g/mol. The van der Waals surface area contributed by atoms with E-state index in [0.29, 0.717) is 6.61 Å². The van der Waals surface area contributed by atoms with Gasteiger partial charge in [0.25, 0.3) is 0 Å². The lowest BCUT2D eigenvalue weighted by Crippen LogP contribution is -2.53. The molecule has 7 heteroatoms. The summed E-state index contributed by atoms with van der Waals surface area (Å²) in [4.78, 5) is 13.9. The van der Waals surface area contributed by atoms with Crippen molar-refractivity contribution >= 4 is 14.2 Å². The molecule has 27 heavy (non-hydrogen) atoms. The first-order valence-corrected chi connectivity index (χ1v) is 12.8. The Morgan fingerprint density at radius 3 is 2.15 bits per heavy atom. The zero-order chi connectivity index (χ0) is 21.4. The largest absolute Gasteiger partial charge is 0.411 e. The van der Waals surface area contributed by atoms with Crippen molar-refractivity contribution in [1.29, 1.82) is 0 Å². The summed E-state index contributed by atoms with van der Waals surface area (Å²) in [5.41, 5.74) is 0. The average Bonchev–Trinajstić information content (AvgIpc) is 2.88. The predicted octanol–water partition coefficient (Wildman–Crippen LogP) is 3.25. The normalized spacial score (nSPS) is 25.0. The molecule has 0 aliphatic carbocycles. The van der Waals surface area contributed by atoms with Gasteiger partial charge in [-0.1, -0.05) is 34.6 Å². The Morgan fingerprint density at radius 2 is 1.78 bits per heavy atom. The van der Waals surface area contributed by atoms with E-state index in [1.165, 1.54) is 4.90 Å². The SMILES string of the molecule is C[C@@H]([C@H](O)[C@H](C)C(=O)N(C)C)[C@H](O[Si](C)(C)C(C)(C)C)[C@H]1COC(C)(C)O1. The molecule has 0 aromatic carbocycles. The van der Waals surface area contributed by atoms with Gasteiger partial charge in [0, 0.05) is 20.0 Å². The average molecular weight is 404 g/mol. The Labute approximate surface area is 166 Å². The van der Waals surface area contributed by atoms with Crippen LogP contribution in [0, 0.1) is 11.8 Å². The second kappa shape index (κ2) is 8.49. The number of hydrogen-bond acceptors (Lipinski definition) is 5. The summed E-state index contributed by atoms with van der Waals surface area (Å²) in [6.07, 6.45) is -1.46. The molecule has 1 rings (SSSR count). The number of ether oxygens (including phenoxy) is 2. The van der Waals surface area contributed by atoms with Crippen LogP contribution >= 0.6 is 0 Å². The van der Waals surface area contributed by atoms with Gasteiger partial charge < -0.3 is 23.9 Å². The fourth-order valence-corrected chi connectivity index (χ4v) is 4.52. The first-order valence-electron chi connectivity index (χ1n) is 9.89. The molecule has 0 aromatic rings. The van der Waals surface area contributed by atoms with Gasteiger partial charge in [0.1, 0.15) is 6.10 Å². The van der Waals surface area contributed by atoms with Crippen LogP contribution in [0.2, 0.25) is 18.1 Å². The Hall–Kier alpha value is -0.473. The zero-order valence-electron chi connectivity index (χ0n) is 19.1.